The summed E-state index contributed by atoms with van der Waals surface area (Å²) >= 11 is 1.87. The fraction of sp³-hybridized carbons (Fsp3) is 0.889. The van der Waals surface area contributed by atoms with Crippen molar-refractivity contribution in [3.8, 4) is 0 Å². The summed E-state index contributed by atoms with van der Waals surface area (Å²) in [6, 6.07) is 0.0884. The van der Waals surface area contributed by atoms with Crippen molar-refractivity contribution in [2.75, 3.05) is 31.3 Å². The van der Waals surface area contributed by atoms with E-state index in [0.29, 0.717) is 12.4 Å². The maximum absolute atomic E-state index is 11.8. The largest absolute Gasteiger partial charge is 0.381 e. The second-order valence-electron chi connectivity index (χ2n) is 3.54. The zero-order chi connectivity index (χ0) is 9.10. The molecule has 0 amide bonds. The lowest BCUT2D eigenvalue weighted by atomic mass is 9.98. The number of Topliss-reactive ketones (excluding diaryl/α,β-unsaturated/α-hetero) is 1. The summed E-state index contributed by atoms with van der Waals surface area (Å²) in [4.78, 5) is 11.8. The molecule has 2 aliphatic rings. The molecule has 0 aromatic carbocycles. The van der Waals surface area contributed by atoms with Crippen molar-refractivity contribution < 1.29 is 9.53 Å². The summed E-state index contributed by atoms with van der Waals surface area (Å²) in [5.41, 5.74) is 0. The van der Waals surface area contributed by atoms with Gasteiger partial charge >= 0.3 is 0 Å². The van der Waals surface area contributed by atoms with Crippen LogP contribution in [-0.4, -0.2) is 43.1 Å². The van der Waals surface area contributed by atoms with Crippen LogP contribution in [-0.2, 0) is 9.53 Å². The molecule has 74 valence electrons. The first-order chi connectivity index (χ1) is 6.38. The molecule has 2 unspecified atom stereocenters. The molecule has 0 spiro atoms. The van der Waals surface area contributed by atoms with E-state index in [1.54, 1.807) is 0 Å². The molecule has 13 heavy (non-hydrogen) atoms. The normalized spacial score (nSPS) is 34.8. The topological polar surface area (TPSA) is 38.3 Å². The molecule has 4 heteroatoms. The first kappa shape index (κ1) is 9.49. The number of thioether (sulfide) groups is 1. The molecule has 2 aliphatic heterocycles. The summed E-state index contributed by atoms with van der Waals surface area (Å²) in [6.07, 6.45) is 0.918. The molecule has 3 nitrogen and oxygen atoms in total. The van der Waals surface area contributed by atoms with E-state index < -0.39 is 0 Å². The molecule has 0 aromatic heterocycles. The van der Waals surface area contributed by atoms with E-state index in [2.05, 4.69) is 5.32 Å². The predicted molar refractivity (Wildman–Crippen MR) is 53.0 cm³/mol. The van der Waals surface area contributed by atoms with Gasteiger partial charge in [-0.15, -0.1) is 0 Å². The highest BCUT2D eigenvalue weighted by Gasteiger charge is 2.30. The third-order valence-corrected chi connectivity index (χ3v) is 3.66. The van der Waals surface area contributed by atoms with Crippen LogP contribution in [0.3, 0.4) is 0 Å². The van der Waals surface area contributed by atoms with Crippen molar-refractivity contribution in [3.63, 3.8) is 0 Å². The van der Waals surface area contributed by atoms with Gasteiger partial charge in [-0.3, -0.25) is 4.79 Å². The highest BCUT2D eigenvalue weighted by molar-refractivity contribution is 7.99. The summed E-state index contributed by atoms with van der Waals surface area (Å²) in [6.45, 7) is 2.37. The predicted octanol–water partition coefficient (Wildman–Crippen LogP) is 0.297. The minimum atomic E-state index is 0.0884. The Labute approximate surface area is 82.6 Å². The van der Waals surface area contributed by atoms with Crippen LogP contribution in [0.2, 0.25) is 0 Å². The van der Waals surface area contributed by atoms with Gasteiger partial charge in [-0.05, 0) is 6.42 Å². The van der Waals surface area contributed by atoms with E-state index in [1.807, 2.05) is 11.8 Å². The Bertz CT molecular complexity index is 186. The Morgan fingerprint density at radius 3 is 3.08 bits per heavy atom. The van der Waals surface area contributed by atoms with Gasteiger partial charge < -0.3 is 10.1 Å². The molecule has 2 rings (SSSR count). The van der Waals surface area contributed by atoms with Gasteiger partial charge in [-0.1, -0.05) is 0 Å². The Morgan fingerprint density at radius 2 is 2.46 bits per heavy atom. The minimum Gasteiger partial charge on any atom is -0.381 e. The maximum atomic E-state index is 11.8. The first-order valence-electron chi connectivity index (χ1n) is 4.80. The number of nitrogens with one attached hydrogen (secondary N) is 1. The summed E-state index contributed by atoms with van der Waals surface area (Å²) in [5.74, 6) is 2.60. The van der Waals surface area contributed by atoms with Gasteiger partial charge in [-0.2, -0.15) is 11.8 Å². The van der Waals surface area contributed by atoms with E-state index in [-0.39, 0.29) is 12.0 Å². The Kier molecular flexibility index (Phi) is 3.24. The molecule has 0 radical (unpaired) electrons. The number of carbonyl (C=O) groups excluding carboxylic acids is 1. The zero-order valence-electron chi connectivity index (χ0n) is 7.62. The van der Waals surface area contributed by atoms with Crippen molar-refractivity contribution in [1.82, 2.24) is 5.32 Å². The van der Waals surface area contributed by atoms with Gasteiger partial charge in [0.2, 0.25) is 0 Å². The quantitative estimate of drug-likeness (QED) is 0.697. The molecule has 2 fully saturated rings. The molecule has 2 atom stereocenters. The van der Waals surface area contributed by atoms with Crippen LogP contribution in [0.25, 0.3) is 0 Å². The van der Waals surface area contributed by atoms with Crippen LogP contribution < -0.4 is 5.32 Å². The van der Waals surface area contributed by atoms with E-state index in [1.165, 1.54) is 0 Å². The average molecular weight is 201 g/mol. The molecule has 0 saturated carbocycles. The Morgan fingerprint density at radius 1 is 1.54 bits per heavy atom. The van der Waals surface area contributed by atoms with Gasteiger partial charge in [-0.25, -0.2) is 0 Å². The number of ether oxygens (including phenoxy) is 1. The van der Waals surface area contributed by atoms with Crippen LogP contribution in [0.15, 0.2) is 0 Å². The van der Waals surface area contributed by atoms with Crippen molar-refractivity contribution in [2.45, 2.75) is 12.5 Å². The Hall–Kier alpha value is -0.0600. The molecule has 1 N–H and O–H groups in total. The lowest BCUT2D eigenvalue weighted by Gasteiger charge is -2.23. The number of carbonyl (C=O) groups is 1. The van der Waals surface area contributed by atoms with E-state index >= 15 is 0 Å². The van der Waals surface area contributed by atoms with Gasteiger partial charge in [0.05, 0.1) is 12.6 Å². The highest BCUT2D eigenvalue weighted by atomic mass is 32.2. The van der Waals surface area contributed by atoms with Crippen molar-refractivity contribution >= 4 is 17.5 Å². The zero-order valence-corrected chi connectivity index (χ0v) is 8.44. The second-order valence-corrected chi connectivity index (χ2v) is 4.69. The van der Waals surface area contributed by atoms with Crippen LogP contribution in [0.5, 0.6) is 0 Å². The second kappa shape index (κ2) is 4.44. The van der Waals surface area contributed by atoms with E-state index in [4.69, 9.17) is 4.74 Å². The summed E-state index contributed by atoms with van der Waals surface area (Å²) in [7, 11) is 0. The van der Waals surface area contributed by atoms with E-state index in [9.17, 15) is 4.79 Å². The van der Waals surface area contributed by atoms with Gasteiger partial charge in [0.1, 0.15) is 0 Å². The average Bonchev–Trinajstić information content (AvgIpc) is 2.71. The molecule has 0 aliphatic carbocycles. The minimum absolute atomic E-state index is 0.0884. The van der Waals surface area contributed by atoms with Crippen molar-refractivity contribution in [1.29, 1.82) is 0 Å². The van der Waals surface area contributed by atoms with Crippen LogP contribution in [0.4, 0.5) is 0 Å². The van der Waals surface area contributed by atoms with Crippen LogP contribution >= 0.6 is 11.8 Å². The van der Waals surface area contributed by atoms with Gasteiger partial charge in [0, 0.05) is 30.6 Å². The standard InChI is InChI=1S/C9H15NO2S/c11-9(7-1-3-12-5-7)8-6-13-4-2-10-8/h7-8,10H,1-6H2. The molecular formula is C9H15NO2S. The van der Waals surface area contributed by atoms with Crippen LogP contribution in [0, 0.1) is 5.92 Å². The monoisotopic (exact) mass is 201 g/mol. The number of hydrogen-bond donors (Lipinski definition) is 1. The third-order valence-electron chi connectivity index (χ3n) is 2.60. The van der Waals surface area contributed by atoms with Crippen LogP contribution in [0.1, 0.15) is 6.42 Å². The highest BCUT2D eigenvalue weighted by Crippen LogP contribution is 2.18. The molecule has 2 heterocycles. The fourth-order valence-electron chi connectivity index (χ4n) is 1.79. The van der Waals surface area contributed by atoms with Crippen molar-refractivity contribution in [3.05, 3.63) is 0 Å². The fourth-order valence-corrected chi connectivity index (χ4v) is 2.74. The number of hydrogen-bond acceptors (Lipinski definition) is 4. The summed E-state index contributed by atoms with van der Waals surface area (Å²) < 4.78 is 5.21. The lowest BCUT2D eigenvalue weighted by molar-refractivity contribution is -0.124. The molecule has 2 saturated heterocycles. The summed E-state index contributed by atoms with van der Waals surface area (Å²) in [5, 5.41) is 3.27. The maximum Gasteiger partial charge on any atom is 0.156 e. The third kappa shape index (κ3) is 2.24. The van der Waals surface area contributed by atoms with Gasteiger partial charge in [0.15, 0.2) is 5.78 Å². The molecule has 0 aromatic rings. The molecular weight excluding hydrogens is 186 g/mol. The number of rotatable bonds is 2. The SMILES string of the molecule is O=C(C1CCOC1)C1CSCCN1. The Balaban J connectivity index is 1.87. The van der Waals surface area contributed by atoms with E-state index in [0.717, 1.165) is 31.1 Å². The lowest BCUT2D eigenvalue weighted by Crippen LogP contribution is -2.46. The van der Waals surface area contributed by atoms with Gasteiger partial charge in [0.25, 0.3) is 0 Å². The smallest absolute Gasteiger partial charge is 0.156 e. The first-order valence-corrected chi connectivity index (χ1v) is 5.96. The van der Waals surface area contributed by atoms with Crippen molar-refractivity contribution in [2.24, 2.45) is 5.92 Å². The number of ketones is 1. The molecule has 0 bridgehead atoms.